The Kier molecular flexibility index (Phi) is 2.02. The zero-order valence-corrected chi connectivity index (χ0v) is 5.62. The first kappa shape index (κ1) is 6.23. The van der Waals surface area contributed by atoms with Gasteiger partial charge in [-0.15, -0.1) is 0 Å². The smallest absolute Gasteiger partial charge is 0.0275 e. The highest BCUT2D eigenvalue weighted by Crippen LogP contribution is 2.12. The monoisotopic (exact) mass is 133 g/mol. The maximum Gasteiger partial charge on any atom is 0.0275 e. The molecule has 3 heteroatoms. The summed E-state index contributed by atoms with van der Waals surface area (Å²) in [4.78, 5) is 0. The van der Waals surface area contributed by atoms with E-state index in [1.54, 1.807) is 0 Å². The topological polar surface area (TPSA) is 43.1 Å². The van der Waals surface area contributed by atoms with E-state index in [1.807, 2.05) is 0 Å². The molecule has 0 aliphatic carbocycles. The van der Waals surface area contributed by atoms with E-state index in [4.69, 9.17) is 5.73 Å². The predicted octanol–water partition coefficient (Wildman–Crippen LogP) is -0.286. The molecular weight excluding hydrogens is 122 g/mol. The number of hydrogen-bond acceptors (Lipinski definition) is 2. The maximum absolute atomic E-state index is 10.7. The fourth-order valence-corrected chi connectivity index (χ4v) is 2.50. The predicted molar refractivity (Wildman–Crippen MR) is 35.0 cm³/mol. The molecule has 0 aromatic carbocycles. The Morgan fingerprint density at radius 3 is 2.75 bits per heavy atom. The van der Waals surface area contributed by atoms with Crippen LogP contribution in [0.25, 0.3) is 0 Å². The van der Waals surface area contributed by atoms with Gasteiger partial charge in [-0.3, -0.25) is 4.21 Å². The summed E-state index contributed by atoms with van der Waals surface area (Å²) in [6.07, 6.45) is 1.07. The maximum atomic E-state index is 10.7. The number of hydrogen-bond donors (Lipinski definition) is 1. The number of nitrogens with two attached hydrogens (primary N) is 1. The van der Waals surface area contributed by atoms with Gasteiger partial charge in [0.05, 0.1) is 0 Å². The second kappa shape index (κ2) is 2.60. The molecule has 0 aromatic heterocycles. The zero-order chi connectivity index (χ0) is 5.98. The van der Waals surface area contributed by atoms with Crippen LogP contribution in [0.2, 0.25) is 0 Å². The molecule has 1 saturated heterocycles. The lowest BCUT2D eigenvalue weighted by Crippen LogP contribution is -2.13. The summed E-state index contributed by atoms with van der Waals surface area (Å²) >= 11 is 0. The molecule has 1 rings (SSSR count). The van der Waals surface area contributed by atoms with Crippen molar-refractivity contribution in [1.82, 2.24) is 0 Å². The molecule has 1 fully saturated rings. The van der Waals surface area contributed by atoms with Crippen LogP contribution in [-0.2, 0) is 10.8 Å². The molecule has 1 aliphatic rings. The van der Waals surface area contributed by atoms with Crippen molar-refractivity contribution in [3.63, 3.8) is 0 Å². The SMILES string of the molecule is NCC1CCS(=O)C1. The van der Waals surface area contributed by atoms with Crippen LogP contribution in [0, 0.1) is 5.92 Å². The molecule has 0 bridgehead atoms. The highest BCUT2D eigenvalue weighted by molar-refractivity contribution is 7.85. The molecule has 2 atom stereocenters. The Morgan fingerprint density at radius 1 is 1.75 bits per heavy atom. The quantitative estimate of drug-likeness (QED) is 0.534. The fourth-order valence-electron chi connectivity index (χ4n) is 0.914. The van der Waals surface area contributed by atoms with Gasteiger partial charge in [0.1, 0.15) is 0 Å². The Hall–Kier alpha value is 0.110. The van der Waals surface area contributed by atoms with Crippen molar-refractivity contribution in [1.29, 1.82) is 0 Å². The van der Waals surface area contributed by atoms with E-state index in [2.05, 4.69) is 0 Å². The lowest BCUT2D eigenvalue weighted by atomic mass is 10.1. The van der Waals surface area contributed by atoms with Crippen LogP contribution in [-0.4, -0.2) is 22.3 Å². The van der Waals surface area contributed by atoms with Crippen LogP contribution >= 0.6 is 0 Å². The zero-order valence-electron chi connectivity index (χ0n) is 4.80. The van der Waals surface area contributed by atoms with Crippen molar-refractivity contribution in [3.05, 3.63) is 0 Å². The average molecular weight is 133 g/mol. The summed E-state index contributed by atoms with van der Waals surface area (Å²) in [6, 6.07) is 0. The lowest BCUT2D eigenvalue weighted by Gasteiger charge is -1.98. The summed E-state index contributed by atoms with van der Waals surface area (Å²) < 4.78 is 10.7. The van der Waals surface area contributed by atoms with E-state index in [0.717, 1.165) is 17.9 Å². The van der Waals surface area contributed by atoms with Gasteiger partial charge in [-0.2, -0.15) is 0 Å². The first-order valence-electron chi connectivity index (χ1n) is 2.88. The summed E-state index contributed by atoms with van der Waals surface area (Å²) in [5.41, 5.74) is 5.36. The Balaban J connectivity index is 2.32. The minimum absolute atomic E-state index is 0.533. The van der Waals surface area contributed by atoms with Gasteiger partial charge in [-0.25, -0.2) is 0 Å². The lowest BCUT2D eigenvalue weighted by molar-refractivity contribution is 0.610. The minimum atomic E-state index is -0.533. The van der Waals surface area contributed by atoms with Crippen LogP contribution in [0.5, 0.6) is 0 Å². The van der Waals surface area contributed by atoms with Crippen molar-refractivity contribution in [2.24, 2.45) is 11.7 Å². The second-order valence-electron chi connectivity index (χ2n) is 2.20. The van der Waals surface area contributed by atoms with Crippen molar-refractivity contribution in [3.8, 4) is 0 Å². The Bertz CT molecular complexity index is 105. The summed E-state index contributed by atoms with van der Waals surface area (Å²) in [7, 11) is -0.533. The van der Waals surface area contributed by atoms with Crippen molar-refractivity contribution in [2.45, 2.75) is 6.42 Å². The fraction of sp³-hybridized carbons (Fsp3) is 1.00. The van der Waals surface area contributed by atoms with E-state index in [-0.39, 0.29) is 0 Å². The van der Waals surface area contributed by atoms with Crippen molar-refractivity contribution < 1.29 is 4.21 Å². The second-order valence-corrected chi connectivity index (χ2v) is 3.82. The Labute approximate surface area is 51.9 Å². The number of rotatable bonds is 1. The molecular formula is C5H11NOS. The molecule has 0 aromatic rings. The van der Waals surface area contributed by atoms with E-state index < -0.39 is 10.8 Å². The molecule has 0 saturated carbocycles. The van der Waals surface area contributed by atoms with E-state index >= 15 is 0 Å². The summed E-state index contributed by atoms with van der Waals surface area (Å²) in [5.74, 6) is 2.27. The summed E-state index contributed by atoms with van der Waals surface area (Å²) in [5, 5.41) is 0. The minimum Gasteiger partial charge on any atom is -0.330 e. The third kappa shape index (κ3) is 1.29. The first-order valence-corrected chi connectivity index (χ1v) is 4.37. The van der Waals surface area contributed by atoms with Crippen LogP contribution in [0.4, 0.5) is 0 Å². The highest BCUT2D eigenvalue weighted by atomic mass is 32.2. The van der Waals surface area contributed by atoms with Crippen LogP contribution in [0.1, 0.15) is 6.42 Å². The van der Waals surface area contributed by atoms with Gasteiger partial charge in [0.25, 0.3) is 0 Å². The first-order chi connectivity index (χ1) is 3.83. The third-order valence-corrected chi connectivity index (χ3v) is 3.04. The molecule has 0 amide bonds. The Morgan fingerprint density at radius 2 is 2.50 bits per heavy atom. The standard InChI is InChI=1S/C5H11NOS/c6-3-5-1-2-8(7)4-5/h5H,1-4,6H2. The highest BCUT2D eigenvalue weighted by Gasteiger charge is 2.18. The third-order valence-electron chi connectivity index (χ3n) is 1.51. The van der Waals surface area contributed by atoms with Gasteiger partial charge in [-0.05, 0) is 18.9 Å². The van der Waals surface area contributed by atoms with E-state index in [1.165, 1.54) is 0 Å². The molecule has 0 radical (unpaired) electrons. The van der Waals surface area contributed by atoms with Crippen LogP contribution < -0.4 is 5.73 Å². The van der Waals surface area contributed by atoms with Crippen molar-refractivity contribution >= 4 is 10.8 Å². The molecule has 0 spiro atoms. The molecule has 2 unspecified atom stereocenters. The average Bonchev–Trinajstić information content (AvgIpc) is 2.14. The van der Waals surface area contributed by atoms with E-state index in [9.17, 15) is 4.21 Å². The van der Waals surface area contributed by atoms with Gasteiger partial charge < -0.3 is 5.73 Å². The normalized spacial score (nSPS) is 38.1. The van der Waals surface area contributed by atoms with Crippen molar-refractivity contribution in [2.75, 3.05) is 18.1 Å². The van der Waals surface area contributed by atoms with Crippen LogP contribution in [0.15, 0.2) is 0 Å². The van der Waals surface area contributed by atoms with Crippen LogP contribution in [0.3, 0.4) is 0 Å². The molecule has 1 aliphatic heterocycles. The molecule has 8 heavy (non-hydrogen) atoms. The molecule has 2 nitrogen and oxygen atoms in total. The van der Waals surface area contributed by atoms with Gasteiger partial charge in [0, 0.05) is 22.3 Å². The molecule has 1 heterocycles. The van der Waals surface area contributed by atoms with Gasteiger partial charge in [-0.1, -0.05) is 0 Å². The van der Waals surface area contributed by atoms with Gasteiger partial charge in [0.2, 0.25) is 0 Å². The molecule has 48 valence electrons. The van der Waals surface area contributed by atoms with E-state index in [0.29, 0.717) is 12.5 Å². The summed E-state index contributed by atoms with van der Waals surface area (Å²) in [6.45, 7) is 0.714. The largest absolute Gasteiger partial charge is 0.330 e. The van der Waals surface area contributed by atoms with Gasteiger partial charge >= 0.3 is 0 Å². The van der Waals surface area contributed by atoms with Gasteiger partial charge in [0.15, 0.2) is 0 Å². The molecule has 2 N–H and O–H groups in total.